The molecule has 0 spiro atoms. The molecular weight excluding hydrogens is 391 g/mol. The Bertz CT molecular complexity index is 1020. The largest absolute Gasteiger partial charge is 0.373 e. The molecule has 162 valence electrons. The molecule has 0 aliphatic carbocycles. The molecule has 1 aliphatic heterocycles. The number of anilines is 2. The van der Waals surface area contributed by atoms with Crippen LogP contribution in [0.2, 0.25) is 0 Å². The maximum Gasteiger partial charge on any atom is 0.225 e. The highest BCUT2D eigenvalue weighted by Gasteiger charge is 2.26. The van der Waals surface area contributed by atoms with Gasteiger partial charge in [0.15, 0.2) is 0 Å². The number of rotatable bonds is 6. The van der Waals surface area contributed by atoms with Crippen LogP contribution in [-0.4, -0.2) is 54.1 Å². The Morgan fingerprint density at radius 3 is 2.71 bits per heavy atom. The Balaban J connectivity index is 1.64. The number of aromatic nitrogens is 3. The van der Waals surface area contributed by atoms with Gasteiger partial charge in [0.1, 0.15) is 11.6 Å². The van der Waals surface area contributed by atoms with E-state index in [4.69, 9.17) is 4.98 Å². The van der Waals surface area contributed by atoms with Gasteiger partial charge in [-0.15, -0.1) is 0 Å². The van der Waals surface area contributed by atoms with Crippen molar-refractivity contribution in [2.45, 2.75) is 25.3 Å². The van der Waals surface area contributed by atoms with Gasteiger partial charge in [-0.05, 0) is 43.1 Å². The van der Waals surface area contributed by atoms with Crippen molar-refractivity contribution in [2.75, 3.05) is 44.4 Å². The zero-order valence-corrected chi connectivity index (χ0v) is 18.3. The zero-order chi connectivity index (χ0) is 21.8. The summed E-state index contributed by atoms with van der Waals surface area (Å²) < 4.78 is 13.5. The van der Waals surface area contributed by atoms with Crippen LogP contribution < -0.4 is 10.2 Å². The minimum atomic E-state index is -0.239. The third kappa shape index (κ3) is 4.82. The topological polar surface area (TPSA) is 57.2 Å². The van der Waals surface area contributed by atoms with Gasteiger partial charge in [0.2, 0.25) is 5.95 Å². The summed E-state index contributed by atoms with van der Waals surface area (Å²) in [6, 6.07) is 10.7. The van der Waals surface area contributed by atoms with Gasteiger partial charge in [0.05, 0.1) is 5.69 Å². The van der Waals surface area contributed by atoms with E-state index in [2.05, 4.69) is 26.3 Å². The summed E-state index contributed by atoms with van der Waals surface area (Å²) in [5, 5.41) is 3.19. The highest BCUT2D eigenvalue weighted by Crippen LogP contribution is 2.34. The Hall–Kier alpha value is -3.06. The average Bonchev–Trinajstić information content (AvgIpc) is 2.80. The number of piperidine rings is 1. The lowest BCUT2D eigenvalue weighted by molar-refractivity contribution is 0.199. The van der Waals surface area contributed by atoms with E-state index < -0.39 is 0 Å². The fourth-order valence-corrected chi connectivity index (χ4v) is 4.22. The number of benzene rings is 1. The quantitative estimate of drug-likeness (QED) is 0.646. The maximum absolute atomic E-state index is 13.5. The molecule has 7 heteroatoms. The van der Waals surface area contributed by atoms with Crippen LogP contribution in [0.1, 0.15) is 30.0 Å². The van der Waals surface area contributed by atoms with Gasteiger partial charge >= 0.3 is 0 Å². The summed E-state index contributed by atoms with van der Waals surface area (Å²) >= 11 is 0. The molecule has 1 atom stereocenters. The number of nitrogens with zero attached hydrogens (tertiary/aromatic N) is 5. The first-order valence-electron chi connectivity index (χ1n) is 10.7. The van der Waals surface area contributed by atoms with Crippen molar-refractivity contribution in [1.82, 2.24) is 19.9 Å². The van der Waals surface area contributed by atoms with Gasteiger partial charge in [0, 0.05) is 63.7 Å². The fourth-order valence-electron chi connectivity index (χ4n) is 4.22. The summed E-state index contributed by atoms with van der Waals surface area (Å²) in [7, 11) is 5.81. The van der Waals surface area contributed by atoms with Gasteiger partial charge in [-0.1, -0.05) is 18.2 Å². The first kappa shape index (κ1) is 21.2. The lowest BCUT2D eigenvalue weighted by atomic mass is 9.89. The smallest absolute Gasteiger partial charge is 0.225 e. The van der Waals surface area contributed by atoms with Crippen molar-refractivity contribution in [2.24, 2.45) is 0 Å². The van der Waals surface area contributed by atoms with Crippen molar-refractivity contribution >= 4 is 11.8 Å². The Kier molecular flexibility index (Phi) is 6.42. The first-order valence-corrected chi connectivity index (χ1v) is 10.7. The molecule has 1 saturated heterocycles. The van der Waals surface area contributed by atoms with Crippen LogP contribution in [0.25, 0.3) is 11.1 Å². The van der Waals surface area contributed by atoms with E-state index in [0.29, 0.717) is 5.95 Å². The van der Waals surface area contributed by atoms with Crippen LogP contribution in [0.3, 0.4) is 0 Å². The van der Waals surface area contributed by atoms with E-state index >= 15 is 0 Å². The summed E-state index contributed by atoms with van der Waals surface area (Å²) in [5.41, 5.74) is 4.16. The molecule has 0 radical (unpaired) electrons. The average molecular weight is 421 g/mol. The van der Waals surface area contributed by atoms with E-state index in [1.807, 2.05) is 56.6 Å². The van der Waals surface area contributed by atoms with Gasteiger partial charge in [0.25, 0.3) is 0 Å². The van der Waals surface area contributed by atoms with Crippen molar-refractivity contribution < 1.29 is 4.39 Å². The molecule has 1 aromatic carbocycles. The normalized spacial score (nSPS) is 16.8. The molecule has 0 unspecified atom stereocenters. The van der Waals surface area contributed by atoms with Gasteiger partial charge in [-0.3, -0.25) is 4.90 Å². The van der Waals surface area contributed by atoms with E-state index in [9.17, 15) is 4.39 Å². The fraction of sp³-hybridized carbons (Fsp3) is 0.375. The minimum absolute atomic E-state index is 0.239. The van der Waals surface area contributed by atoms with Crippen molar-refractivity contribution in [3.8, 4) is 11.1 Å². The SMILES string of the molecule is CNc1ncccc1CN1CCC[C@H](c2nc(N(C)C)ncc2-c2ccc(F)cc2)C1. The third-order valence-corrected chi connectivity index (χ3v) is 5.77. The summed E-state index contributed by atoms with van der Waals surface area (Å²) in [6.07, 6.45) is 5.86. The number of hydrogen-bond donors (Lipinski definition) is 1. The zero-order valence-electron chi connectivity index (χ0n) is 18.3. The monoisotopic (exact) mass is 420 g/mol. The number of pyridine rings is 1. The third-order valence-electron chi connectivity index (χ3n) is 5.77. The van der Waals surface area contributed by atoms with Gasteiger partial charge in [-0.2, -0.15) is 0 Å². The van der Waals surface area contributed by atoms with Crippen molar-refractivity contribution in [3.05, 3.63) is 65.9 Å². The van der Waals surface area contributed by atoms with Crippen molar-refractivity contribution in [3.63, 3.8) is 0 Å². The van der Waals surface area contributed by atoms with Crippen LogP contribution in [0, 0.1) is 5.82 Å². The molecular formula is C24H29FN6. The predicted octanol–water partition coefficient (Wildman–Crippen LogP) is 4.17. The molecule has 0 saturated carbocycles. The Morgan fingerprint density at radius 1 is 1.16 bits per heavy atom. The minimum Gasteiger partial charge on any atom is -0.373 e. The molecule has 31 heavy (non-hydrogen) atoms. The molecule has 6 nitrogen and oxygen atoms in total. The van der Waals surface area contributed by atoms with E-state index in [1.54, 1.807) is 0 Å². The first-order chi connectivity index (χ1) is 15.0. The molecule has 0 bridgehead atoms. The highest BCUT2D eigenvalue weighted by atomic mass is 19.1. The van der Waals surface area contributed by atoms with Crippen LogP contribution in [0.5, 0.6) is 0 Å². The van der Waals surface area contributed by atoms with E-state index in [0.717, 1.165) is 55.1 Å². The lowest BCUT2D eigenvalue weighted by Crippen LogP contribution is -2.34. The molecule has 1 fully saturated rings. The molecule has 1 N–H and O–H groups in total. The second-order valence-electron chi connectivity index (χ2n) is 8.21. The summed E-state index contributed by atoms with van der Waals surface area (Å²) in [5.74, 6) is 1.67. The molecule has 0 amide bonds. The van der Waals surface area contributed by atoms with Crippen LogP contribution in [-0.2, 0) is 6.54 Å². The molecule has 4 rings (SSSR count). The van der Waals surface area contributed by atoms with Gasteiger partial charge in [-0.25, -0.2) is 19.3 Å². The van der Waals surface area contributed by atoms with E-state index in [1.165, 1.54) is 17.7 Å². The van der Waals surface area contributed by atoms with Crippen LogP contribution >= 0.6 is 0 Å². The maximum atomic E-state index is 13.5. The van der Waals surface area contributed by atoms with Gasteiger partial charge < -0.3 is 10.2 Å². The highest BCUT2D eigenvalue weighted by molar-refractivity contribution is 5.66. The van der Waals surface area contributed by atoms with E-state index in [-0.39, 0.29) is 11.7 Å². The second kappa shape index (κ2) is 9.39. The molecule has 3 aromatic rings. The summed E-state index contributed by atoms with van der Waals surface area (Å²) in [6.45, 7) is 2.81. The van der Waals surface area contributed by atoms with Crippen LogP contribution in [0.4, 0.5) is 16.2 Å². The number of likely N-dealkylation sites (tertiary alicyclic amines) is 1. The molecule has 2 aromatic heterocycles. The summed E-state index contributed by atoms with van der Waals surface area (Å²) in [4.78, 5) is 18.3. The molecule has 3 heterocycles. The van der Waals surface area contributed by atoms with Crippen molar-refractivity contribution in [1.29, 1.82) is 0 Å². The van der Waals surface area contributed by atoms with Crippen LogP contribution in [0.15, 0.2) is 48.8 Å². The number of halogens is 1. The Morgan fingerprint density at radius 2 is 1.97 bits per heavy atom. The standard InChI is InChI=1S/C24H29FN6/c1-26-23-19(6-4-12-27-23)16-31-13-5-7-18(15-31)22-21(14-28-24(29-22)30(2)3)17-8-10-20(25)11-9-17/h4,6,8-12,14,18H,5,7,13,15-16H2,1-3H3,(H,26,27)/t18-/m0/s1. The lowest BCUT2D eigenvalue weighted by Gasteiger charge is -2.33. The molecule has 1 aliphatic rings. The number of nitrogens with one attached hydrogen (secondary N) is 1. The Labute approximate surface area is 183 Å². The number of hydrogen-bond acceptors (Lipinski definition) is 6. The second-order valence-corrected chi connectivity index (χ2v) is 8.21. The predicted molar refractivity (Wildman–Crippen MR) is 123 cm³/mol.